The maximum atomic E-state index is 6.05. The number of benzene rings is 2. The van der Waals surface area contributed by atoms with Crippen molar-refractivity contribution in [2.24, 2.45) is 0 Å². The van der Waals surface area contributed by atoms with Crippen LogP contribution in [0.2, 0.25) is 0 Å². The van der Waals surface area contributed by atoms with E-state index in [-0.39, 0.29) is 11.5 Å². The zero-order chi connectivity index (χ0) is 26.2. The maximum absolute atomic E-state index is 6.05. The van der Waals surface area contributed by atoms with Crippen LogP contribution in [-0.2, 0) is 10.2 Å². The number of hydrogen-bond donors (Lipinski definition) is 0. The second kappa shape index (κ2) is 12.9. The molecule has 2 rings (SSSR count). The van der Waals surface area contributed by atoms with Gasteiger partial charge in [0.2, 0.25) is 0 Å². The van der Waals surface area contributed by atoms with Crippen LogP contribution in [0.4, 0.5) is 0 Å². The van der Waals surface area contributed by atoms with Crippen molar-refractivity contribution in [2.75, 3.05) is 13.2 Å². The van der Waals surface area contributed by atoms with Gasteiger partial charge in [-0.2, -0.15) is 0 Å². The van der Waals surface area contributed by atoms with E-state index in [0.717, 1.165) is 48.3 Å². The van der Waals surface area contributed by atoms with E-state index in [1.54, 1.807) is 0 Å². The molecule has 35 heavy (non-hydrogen) atoms. The Hall–Kier alpha value is -2.58. The van der Waals surface area contributed by atoms with Crippen LogP contribution < -0.4 is 4.74 Å². The number of rotatable bonds is 13. The molecule has 0 heterocycles. The second-order valence-corrected chi connectivity index (χ2v) is 9.75. The van der Waals surface area contributed by atoms with Crippen molar-refractivity contribution in [1.29, 1.82) is 0 Å². The van der Waals surface area contributed by atoms with E-state index in [9.17, 15) is 0 Å². The molecular formula is C33H46O2. The van der Waals surface area contributed by atoms with E-state index in [4.69, 9.17) is 9.47 Å². The first kappa shape index (κ1) is 28.7. The largest absolute Gasteiger partial charge is 0.489 e. The zero-order valence-electron chi connectivity index (χ0n) is 23.4. The van der Waals surface area contributed by atoms with E-state index in [1.807, 2.05) is 6.92 Å². The summed E-state index contributed by atoms with van der Waals surface area (Å²) in [5.74, 6) is 0.905. The zero-order valence-corrected chi connectivity index (χ0v) is 23.4. The molecule has 0 amide bonds. The third kappa shape index (κ3) is 6.76. The van der Waals surface area contributed by atoms with Gasteiger partial charge in [0.25, 0.3) is 0 Å². The van der Waals surface area contributed by atoms with Gasteiger partial charge in [0.1, 0.15) is 12.4 Å². The summed E-state index contributed by atoms with van der Waals surface area (Å²) >= 11 is 0. The minimum atomic E-state index is -0.0567. The van der Waals surface area contributed by atoms with Gasteiger partial charge >= 0.3 is 0 Å². The first-order chi connectivity index (χ1) is 16.6. The molecule has 0 fully saturated rings. The summed E-state index contributed by atoms with van der Waals surface area (Å²) in [6.45, 7) is 26.5. The molecule has 0 aromatic heterocycles. The minimum absolute atomic E-state index is 0.0567. The lowest BCUT2D eigenvalue weighted by molar-refractivity contribution is 0.0864. The average Bonchev–Trinajstić information content (AvgIpc) is 2.84. The monoisotopic (exact) mass is 474 g/mol. The van der Waals surface area contributed by atoms with Crippen LogP contribution >= 0.6 is 0 Å². The lowest BCUT2D eigenvalue weighted by Gasteiger charge is -2.34. The Labute approximate surface area is 214 Å². The Morgan fingerprint density at radius 1 is 0.914 bits per heavy atom. The van der Waals surface area contributed by atoms with Gasteiger partial charge < -0.3 is 9.47 Å². The summed E-state index contributed by atoms with van der Waals surface area (Å²) in [7, 11) is 0. The maximum Gasteiger partial charge on any atom is 0.122 e. The summed E-state index contributed by atoms with van der Waals surface area (Å²) in [4.78, 5) is 0. The quantitative estimate of drug-likeness (QED) is 0.269. The van der Waals surface area contributed by atoms with E-state index >= 15 is 0 Å². The van der Waals surface area contributed by atoms with Crippen molar-refractivity contribution in [1.82, 2.24) is 0 Å². The van der Waals surface area contributed by atoms with Gasteiger partial charge in [0.15, 0.2) is 0 Å². The van der Waals surface area contributed by atoms with Gasteiger partial charge in [-0.3, -0.25) is 0 Å². The van der Waals surface area contributed by atoms with Gasteiger partial charge in [0.05, 0.1) is 6.10 Å². The average molecular weight is 475 g/mol. The molecule has 1 unspecified atom stereocenters. The number of hydrogen-bond acceptors (Lipinski definition) is 2. The first-order valence-electron chi connectivity index (χ1n) is 13.1. The van der Waals surface area contributed by atoms with Crippen molar-refractivity contribution in [2.45, 2.75) is 86.2 Å². The molecule has 0 spiro atoms. The highest BCUT2D eigenvalue weighted by Crippen LogP contribution is 2.41. The van der Waals surface area contributed by atoms with Gasteiger partial charge in [-0.1, -0.05) is 75.9 Å². The summed E-state index contributed by atoms with van der Waals surface area (Å²) < 4.78 is 12.0. The summed E-state index contributed by atoms with van der Waals surface area (Å²) in [5, 5.41) is 0. The molecule has 2 heteroatoms. The molecule has 0 saturated carbocycles. The third-order valence-electron chi connectivity index (χ3n) is 7.40. The molecule has 2 nitrogen and oxygen atoms in total. The molecule has 1 atom stereocenters. The fraction of sp³-hybridized carbons (Fsp3) is 0.455. The smallest absolute Gasteiger partial charge is 0.122 e. The van der Waals surface area contributed by atoms with Crippen LogP contribution in [0.3, 0.4) is 0 Å². The van der Waals surface area contributed by atoms with Crippen LogP contribution in [0, 0.1) is 13.8 Å². The van der Waals surface area contributed by atoms with E-state index in [0.29, 0.717) is 6.61 Å². The third-order valence-corrected chi connectivity index (χ3v) is 7.40. The van der Waals surface area contributed by atoms with Crippen molar-refractivity contribution in [3.63, 3.8) is 0 Å². The molecule has 0 aliphatic heterocycles. The van der Waals surface area contributed by atoms with E-state index in [2.05, 4.69) is 104 Å². The molecule has 190 valence electrons. The Kier molecular flexibility index (Phi) is 10.6. The van der Waals surface area contributed by atoms with Crippen LogP contribution in [0.1, 0.15) is 88.6 Å². The lowest BCUT2D eigenvalue weighted by Crippen LogP contribution is -2.26. The molecular weight excluding hydrogens is 428 g/mol. The van der Waals surface area contributed by atoms with Crippen molar-refractivity contribution in [3.8, 4) is 5.75 Å². The van der Waals surface area contributed by atoms with Crippen LogP contribution in [0.25, 0.3) is 6.08 Å². The Bertz CT molecular complexity index is 1050. The molecule has 0 radical (unpaired) electrons. The fourth-order valence-electron chi connectivity index (χ4n) is 4.83. The first-order valence-corrected chi connectivity index (χ1v) is 13.1. The van der Waals surface area contributed by atoms with Crippen LogP contribution in [0.5, 0.6) is 5.75 Å². The van der Waals surface area contributed by atoms with Crippen LogP contribution in [0.15, 0.2) is 66.3 Å². The lowest BCUT2D eigenvalue weighted by atomic mass is 9.69. The highest BCUT2D eigenvalue weighted by molar-refractivity contribution is 5.59. The second-order valence-electron chi connectivity index (χ2n) is 9.75. The molecule has 0 aliphatic carbocycles. The van der Waals surface area contributed by atoms with Gasteiger partial charge in [0, 0.05) is 12.0 Å². The minimum Gasteiger partial charge on any atom is -0.489 e. The highest BCUT2D eigenvalue weighted by Gasteiger charge is 2.31. The van der Waals surface area contributed by atoms with Crippen molar-refractivity contribution >= 4 is 6.08 Å². The molecule has 2 aromatic carbocycles. The Morgan fingerprint density at radius 2 is 1.54 bits per heavy atom. The Balaban J connectivity index is 2.48. The SMILES string of the molecule is C=C(C)C(=C)COc1ccc(C(CC)(CC)c2ccc(C)c(/C=C(\C)C(CC)OCC)c2)cc1C. The highest BCUT2D eigenvalue weighted by atomic mass is 16.5. The molecule has 0 bridgehead atoms. The predicted octanol–water partition coefficient (Wildman–Crippen LogP) is 9.14. The van der Waals surface area contributed by atoms with Gasteiger partial charge in [-0.15, -0.1) is 0 Å². The van der Waals surface area contributed by atoms with Crippen molar-refractivity contribution in [3.05, 3.63) is 94.1 Å². The summed E-state index contributed by atoms with van der Waals surface area (Å²) in [5.41, 5.74) is 9.52. The molecule has 0 aliphatic rings. The topological polar surface area (TPSA) is 18.5 Å². The predicted molar refractivity (Wildman–Crippen MR) is 153 cm³/mol. The molecule has 0 saturated heterocycles. The summed E-state index contributed by atoms with van der Waals surface area (Å²) in [6, 6.07) is 13.6. The van der Waals surface area contributed by atoms with E-state index < -0.39 is 0 Å². The molecule has 2 aromatic rings. The standard InChI is InChI=1S/C33H46O2/c1-11-31(34-14-4)25(8)19-28-21-30(16-15-24(28)7)33(12-2,13-3)29-17-18-32(26(9)20-29)35-22-27(10)23(5)6/h15-21,31H,5,10-14,22H2,1-4,6-9H3/b25-19+. The van der Waals surface area contributed by atoms with E-state index in [1.165, 1.54) is 27.8 Å². The number of aryl methyl sites for hydroxylation is 2. The normalized spacial score (nSPS) is 13.0. The van der Waals surface area contributed by atoms with Gasteiger partial charge in [-0.05, 0) is 98.9 Å². The number of ether oxygens (including phenoxy) is 2. The van der Waals surface area contributed by atoms with Crippen molar-refractivity contribution < 1.29 is 9.47 Å². The summed E-state index contributed by atoms with van der Waals surface area (Å²) in [6.07, 6.45) is 5.52. The van der Waals surface area contributed by atoms with Gasteiger partial charge in [-0.25, -0.2) is 0 Å². The fourth-order valence-corrected chi connectivity index (χ4v) is 4.83. The Morgan fingerprint density at radius 3 is 2.09 bits per heavy atom. The van der Waals surface area contributed by atoms with Crippen LogP contribution in [-0.4, -0.2) is 19.3 Å². The molecule has 0 N–H and O–H groups in total.